The SMILES string of the molecule is CCN(CC)C(=O)CN1CCCC1C(=O)OC. The minimum Gasteiger partial charge on any atom is -0.468 e. The van der Waals surface area contributed by atoms with E-state index < -0.39 is 0 Å². The van der Waals surface area contributed by atoms with Gasteiger partial charge in [-0.15, -0.1) is 0 Å². The van der Waals surface area contributed by atoms with Crippen LogP contribution in [0.4, 0.5) is 0 Å². The van der Waals surface area contributed by atoms with Crippen molar-refractivity contribution in [3.63, 3.8) is 0 Å². The Balaban J connectivity index is 2.55. The monoisotopic (exact) mass is 242 g/mol. The van der Waals surface area contributed by atoms with Gasteiger partial charge in [0, 0.05) is 13.1 Å². The second kappa shape index (κ2) is 6.59. The molecule has 5 heteroatoms. The first kappa shape index (κ1) is 14.0. The number of rotatable bonds is 5. The minimum atomic E-state index is -0.237. The van der Waals surface area contributed by atoms with Gasteiger partial charge in [0.25, 0.3) is 0 Å². The van der Waals surface area contributed by atoms with Crippen LogP contribution in [0.5, 0.6) is 0 Å². The number of likely N-dealkylation sites (tertiary alicyclic amines) is 1. The van der Waals surface area contributed by atoms with Crippen molar-refractivity contribution in [3.05, 3.63) is 0 Å². The van der Waals surface area contributed by atoms with E-state index in [4.69, 9.17) is 4.74 Å². The van der Waals surface area contributed by atoms with Gasteiger partial charge in [-0.25, -0.2) is 0 Å². The Bertz CT molecular complexity index is 277. The third-order valence-corrected chi connectivity index (χ3v) is 3.29. The summed E-state index contributed by atoms with van der Waals surface area (Å²) in [7, 11) is 1.39. The Hall–Kier alpha value is -1.10. The van der Waals surface area contributed by atoms with E-state index in [0.29, 0.717) is 19.6 Å². The minimum absolute atomic E-state index is 0.0887. The van der Waals surface area contributed by atoms with Gasteiger partial charge in [0.05, 0.1) is 13.7 Å². The van der Waals surface area contributed by atoms with Crippen LogP contribution in [0, 0.1) is 0 Å². The standard InChI is InChI=1S/C12H22N2O3/c1-4-13(5-2)11(15)9-14-8-6-7-10(14)12(16)17-3/h10H,4-9H2,1-3H3. The molecule has 98 valence electrons. The van der Waals surface area contributed by atoms with Crippen LogP contribution < -0.4 is 0 Å². The van der Waals surface area contributed by atoms with E-state index >= 15 is 0 Å². The normalized spacial score (nSPS) is 20.3. The van der Waals surface area contributed by atoms with E-state index in [1.165, 1.54) is 7.11 Å². The first-order chi connectivity index (χ1) is 8.13. The average Bonchev–Trinajstić information content (AvgIpc) is 2.77. The summed E-state index contributed by atoms with van der Waals surface area (Å²) in [4.78, 5) is 27.2. The molecule has 5 nitrogen and oxygen atoms in total. The molecule has 0 aromatic carbocycles. The van der Waals surface area contributed by atoms with Gasteiger partial charge < -0.3 is 9.64 Å². The number of methoxy groups -OCH3 is 1. The van der Waals surface area contributed by atoms with E-state index in [2.05, 4.69) is 0 Å². The Morgan fingerprint density at radius 1 is 1.35 bits per heavy atom. The van der Waals surface area contributed by atoms with Crippen molar-refractivity contribution in [2.75, 3.05) is 33.3 Å². The van der Waals surface area contributed by atoms with Gasteiger partial charge in [-0.1, -0.05) is 0 Å². The van der Waals surface area contributed by atoms with E-state index in [9.17, 15) is 9.59 Å². The van der Waals surface area contributed by atoms with Crippen LogP contribution >= 0.6 is 0 Å². The molecule has 0 aliphatic carbocycles. The summed E-state index contributed by atoms with van der Waals surface area (Å²) >= 11 is 0. The molecule has 0 N–H and O–H groups in total. The van der Waals surface area contributed by atoms with E-state index in [0.717, 1.165) is 19.4 Å². The van der Waals surface area contributed by atoms with Crippen molar-refractivity contribution < 1.29 is 14.3 Å². The summed E-state index contributed by atoms with van der Waals surface area (Å²) in [6.07, 6.45) is 1.74. The fourth-order valence-corrected chi connectivity index (χ4v) is 2.27. The highest BCUT2D eigenvalue weighted by Gasteiger charge is 2.33. The number of carbonyl (C=O) groups excluding carboxylic acids is 2. The molecule has 1 atom stereocenters. The molecule has 0 radical (unpaired) electrons. The van der Waals surface area contributed by atoms with Crippen LogP contribution in [-0.4, -0.2) is 61.0 Å². The number of likely N-dealkylation sites (N-methyl/N-ethyl adjacent to an activating group) is 1. The van der Waals surface area contributed by atoms with Crippen molar-refractivity contribution in [2.24, 2.45) is 0 Å². The molecular formula is C12H22N2O3. The Labute approximate surface area is 103 Å². The molecule has 0 bridgehead atoms. The summed E-state index contributed by atoms with van der Waals surface area (Å²) in [5.41, 5.74) is 0. The molecule has 1 aliphatic heterocycles. The maximum atomic E-state index is 11.9. The predicted octanol–water partition coefficient (Wildman–Crippen LogP) is 0.492. The van der Waals surface area contributed by atoms with Crippen molar-refractivity contribution in [1.82, 2.24) is 9.80 Å². The topological polar surface area (TPSA) is 49.9 Å². The molecule has 17 heavy (non-hydrogen) atoms. The lowest BCUT2D eigenvalue weighted by molar-refractivity contribution is -0.146. The van der Waals surface area contributed by atoms with Crippen molar-refractivity contribution in [1.29, 1.82) is 0 Å². The Morgan fingerprint density at radius 2 is 2.00 bits per heavy atom. The number of esters is 1. The van der Waals surface area contributed by atoms with Gasteiger partial charge in [0.1, 0.15) is 6.04 Å². The molecule has 0 aromatic rings. The summed E-state index contributed by atoms with van der Waals surface area (Å²) in [5, 5.41) is 0. The molecule has 1 fully saturated rings. The summed E-state index contributed by atoms with van der Waals surface area (Å²) in [6.45, 7) is 6.47. The molecule has 1 aliphatic rings. The number of hydrogen-bond acceptors (Lipinski definition) is 4. The molecule has 0 aromatic heterocycles. The molecular weight excluding hydrogens is 220 g/mol. The second-order valence-corrected chi connectivity index (χ2v) is 4.22. The Kier molecular flexibility index (Phi) is 5.41. The summed E-state index contributed by atoms with van der Waals surface area (Å²) < 4.78 is 4.75. The molecule has 1 heterocycles. The highest BCUT2D eigenvalue weighted by atomic mass is 16.5. The second-order valence-electron chi connectivity index (χ2n) is 4.22. The molecule has 1 unspecified atom stereocenters. The largest absolute Gasteiger partial charge is 0.468 e. The van der Waals surface area contributed by atoms with Crippen LogP contribution in [0.25, 0.3) is 0 Å². The maximum absolute atomic E-state index is 11.9. The molecule has 0 saturated carbocycles. The lowest BCUT2D eigenvalue weighted by Crippen LogP contribution is -2.44. The number of ether oxygens (including phenoxy) is 1. The van der Waals surface area contributed by atoms with E-state index in [1.807, 2.05) is 18.7 Å². The fourth-order valence-electron chi connectivity index (χ4n) is 2.27. The van der Waals surface area contributed by atoms with Gasteiger partial charge in [0.15, 0.2) is 0 Å². The van der Waals surface area contributed by atoms with Crippen LogP contribution in [-0.2, 0) is 14.3 Å². The number of nitrogens with zero attached hydrogens (tertiary/aromatic N) is 2. The molecule has 1 rings (SSSR count). The smallest absolute Gasteiger partial charge is 0.323 e. The predicted molar refractivity (Wildman–Crippen MR) is 64.5 cm³/mol. The van der Waals surface area contributed by atoms with Crippen molar-refractivity contribution >= 4 is 11.9 Å². The van der Waals surface area contributed by atoms with Crippen molar-refractivity contribution in [2.45, 2.75) is 32.7 Å². The first-order valence-electron chi connectivity index (χ1n) is 6.23. The van der Waals surface area contributed by atoms with Gasteiger partial charge in [0.2, 0.25) is 5.91 Å². The third-order valence-electron chi connectivity index (χ3n) is 3.29. The molecule has 0 spiro atoms. The maximum Gasteiger partial charge on any atom is 0.323 e. The van der Waals surface area contributed by atoms with Crippen LogP contribution in [0.3, 0.4) is 0 Å². The third kappa shape index (κ3) is 3.43. The number of carbonyl (C=O) groups is 2. The molecule has 1 saturated heterocycles. The van der Waals surface area contributed by atoms with Crippen molar-refractivity contribution in [3.8, 4) is 0 Å². The van der Waals surface area contributed by atoms with Gasteiger partial charge in [-0.3, -0.25) is 14.5 Å². The lowest BCUT2D eigenvalue weighted by Gasteiger charge is -2.25. The van der Waals surface area contributed by atoms with Crippen LogP contribution in [0.2, 0.25) is 0 Å². The van der Waals surface area contributed by atoms with E-state index in [-0.39, 0.29) is 17.9 Å². The zero-order chi connectivity index (χ0) is 12.8. The van der Waals surface area contributed by atoms with Gasteiger partial charge >= 0.3 is 5.97 Å². The lowest BCUT2D eigenvalue weighted by atomic mass is 10.2. The summed E-state index contributed by atoms with van der Waals surface area (Å²) in [6, 6.07) is -0.237. The van der Waals surface area contributed by atoms with Gasteiger partial charge in [-0.2, -0.15) is 0 Å². The quantitative estimate of drug-likeness (QED) is 0.658. The van der Waals surface area contributed by atoms with Crippen LogP contribution in [0.1, 0.15) is 26.7 Å². The number of hydrogen-bond donors (Lipinski definition) is 0. The zero-order valence-electron chi connectivity index (χ0n) is 10.9. The first-order valence-corrected chi connectivity index (χ1v) is 6.23. The summed E-state index contributed by atoms with van der Waals surface area (Å²) in [5.74, 6) is -0.138. The van der Waals surface area contributed by atoms with Gasteiger partial charge in [-0.05, 0) is 33.2 Å². The highest BCUT2D eigenvalue weighted by molar-refractivity contribution is 5.80. The van der Waals surface area contributed by atoms with Crippen LogP contribution in [0.15, 0.2) is 0 Å². The highest BCUT2D eigenvalue weighted by Crippen LogP contribution is 2.18. The molecule has 1 amide bonds. The zero-order valence-corrected chi connectivity index (χ0v) is 10.9. The average molecular weight is 242 g/mol. The van der Waals surface area contributed by atoms with E-state index in [1.54, 1.807) is 4.90 Å². The number of amides is 1. The Morgan fingerprint density at radius 3 is 2.53 bits per heavy atom. The fraction of sp³-hybridized carbons (Fsp3) is 0.833.